The average Bonchev–Trinajstić information content (AvgIpc) is 3.63. The van der Waals surface area contributed by atoms with Crippen molar-refractivity contribution in [2.24, 2.45) is 0 Å². The minimum atomic E-state index is -4.40. The molecule has 33 heavy (non-hydrogen) atoms. The van der Waals surface area contributed by atoms with Crippen LogP contribution in [0.3, 0.4) is 0 Å². The van der Waals surface area contributed by atoms with E-state index >= 15 is 4.39 Å². The smallest absolute Gasteiger partial charge is 0.363 e. The number of rotatable bonds is 8. The Hall–Kier alpha value is -3.67. The van der Waals surface area contributed by atoms with E-state index in [9.17, 15) is 13.2 Å². The number of hydrogen-bond acceptors (Lipinski definition) is 5. The summed E-state index contributed by atoms with van der Waals surface area (Å²) in [5, 5.41) is 11.7. The molecule has 0 spiro atoms. The molecule has 1 aromatic heterocycles. The number of nitrogens with zero attached hydrogens (tertiary/aromatic N) is 4. The molecule has 0 aliphatic heterocycles. The topological polar surface area (TPSA) is 64.8 Å². The van der Waals surface area contributed by atoms with Gasteiger partial charge in [-0.1, -0.05) is 36.4 Å². The van der Waals surface area contributed by atoms with Crippen molar-refractivity contribution in [1.82, 2.24) is 9.97 Å². The first-order valence-corrected chi connectivity index (χ1v) is 10.5. The van der Waals surface area contributed by atoms with Gasteiger partial charge in [0.1, 0.15) is 6.33 Å². The first kappa shape index (κ1) is 22.5. The molecule has 2 aromatic carbocycles. The monoisotopic (exact) mass is 455 g/mol. The molecule has 0 atom stereocenters. The third-order valence-corrected chi connectivity index (χ3v) is 5.43. The Morgan fingerprint density at radius 1 is 0.970 bits per heavy atom. The number of alkyl halides is 3. The number of aromatic nitrogens is 2. The van der Waals surface area contributed by atoms with Gasteiger partial charge in [0, 0.05) is 19.1 Å². The van der Waals surface area contributed by atoms with Gasteiger partial charge in [0.25, 0.3) is 0 Å². The summed E-state index contributed by atoms with van der Waals surface area (Å²) in [6.07, 6.45) is -1.07. The lowest BCUT2D eigenvalue weighted by molar-refractivity contribution is -0.137. The van der Waals surface area contributed by atoms with Crippen LogP contribution in [0, 0.1) is 17.1 Å². The second-order valence-corrected chi connectivity index (χ2v) is 7.92. The molecule has 4 rings (SSSR count). The van der Waals surface area contributed by atoms with E-state index in [2.05, 4.69) is 21.4 Å². The van der Waals surface area contributed by atoms with Crippen molar-refractivity contribution >= 4 is 11.6 Å². The fourth-order valence-corrected chi connectivity index (χ4v) is 3.50. The number of nitrogens with one attached hydrogen (secondary N) is 1. The highest BCUT2D eigenvalue weighted by Gasteiger charge is 2.33. The van der Waals surface area contributed by atoms with Crippen molar-refractivity contribution in [3.05, 3.63) is 82.9 Å². The van der Waals surface area contributed by atoms with Crippen LogP contribution in [-0.4, -0.2) is 16.0 Å². The van der Waals surface area contributed by atoms with Crippen molar-refractivity contribution in [2.45, 2.75) is 44.6 Å². The van der Waals surface area contributed by atoms with Crippen LogP contribution in [0.4, 0.5) is 29.2 Å². The summed E-state index contributed by atoms with van der Waals surface area (Å²) in [4.78, 5) is 9.93. The van der Waals surface area contributed by atoms with Crippen LogP contribution in [0.2, 0.25) is 0 Å². The largest absolute Gasteiger partial charge is 0.416 e. The molecule has 0 saturated heterocycles. The molecule has 3 aromatic rings. The van der Waals surface area contributed by atoms with Crippen LogP contribution < -0.4 is 10.2 Å². The van der Waals surface area contributed by atoms with Gasteiger partial charge in [-0.2, -0.15) is 22.8 Å². The van der Waals surface area contributed by atoms with E-state index in [0.717, 1.165) is 36.1 Å². The zero-order chi connectivity index (χ0) is 23.4. The van der Waals surface area contributed by atoms with Crippen molar-refractivity contribution in [3.63, 3.8) is 0 Å². The van der Waals surface area contributed by atoms with Crippen molar-refractivity contribution in [1.29, 1.82) is 5.26 Å². The van der Waals surface area contributed by atoms with Crippen LogP contribution in [0.15, 0.2) is 54.9 Å². The van der Waals surface area contributed by atoms with Gasteiger partial charge < -0.3 is 10.2 Å². The highest BCUT2D eigenvalue weighted by atomic mass is 19.4. The minimum Gasteiger partial charge on any atom is -0.363 e. The van der Waals surface area contributed by atoms with Crippen molar-refractivity contribution < 1.29 is 17.6 Å². The van der Waals surface area contributed by atoms with Gasteiger partial charge in [-0.3, -0.25) is 0 Å². The second-order valence-electron chi connectivity index (χ2n) is 7.92. The Bertz CT molecular complexity index is 1130. The van der Waals surface area contributed by atoms with Gasteiger partial charge in [0.15, 0.2) is 11.6 Å². The Morgan fingerprint density at radius 3 is 2.21 bits per heavy atom. The maximum Gasteiger partial charge on any atom is 0.416 e. The molecule has 9 heteroatoms. The molecule has 1 aliphatic carbocycles. The van der Waals surface area contributed by atoms with Crippen LogP contribution in [-0.2, 0) is 25.7 Å². The summed E-state index contributed by atoms with van der Waals surface area (Å²) in [6, 6.07) is 14.5. The lowest BCUT2D eigenvalue weighted by atomic mass is 10.1. The van der Waals surface area contributed by atoms with Gasteiger partial charge >= 0.3 is 6.18 Å². The fourth-order valence-electron chi connectivity index (χ4n) is 3.50. The van der Waals surface area contributed by atoms with E-state index in [1.54, 1.807) is 4.90 Å². The van der Waals surface area contributed by atoms with E-state index in [1.807, 2.05) is 24.3 Å². The average molecular weight is 455 g/mol. The van der Waals surface area contributed by atoms with Crippen molar-refractivity contribution in [3.8, 4) is 6.07 Å². The number of halogens is 4. The highest BCUT2D eigenvalue weighted by molar-refractivity contribution is 5.53. The summed E-state index contributed by atoms with van der Waals surface area (Å²) < 4.78 is 53.8. The first-order chi connectivity index (χ1) is 15.8. The van der Waals surface area contributed by atoms with Gasteiger partial charge in [-0.25, -0.2) is 9.97 Å². The molecule has 1 heterocycles. The molecular formula is C24H21F4N5. The lowest BCUT2D eigenvalue weighted by Gasteiger charge is -2.24. The maximum atomic E-state index is 15.3. The van der Waals surface area contributed by atoms with Crippen molar-refractivity contribution in [2.75, 3.05) is 10.2 Å². The number of nitriles is 1. The van der Waals surface area contributed by atoms with E-state index in [1.165, 1.54) is 18.5 Å². The Labute approximate surface area is 188 Å². The zero-order valence-electron chi connectivity index (χ0n) is 17.6. The third-order valence-electron chi connectivity index (χ3n) is 5.43. The van der Waals surface area contributed by atoms with Crippen LogP contribution >= 0.6 is 0 Å². The molecule has 0 radical (unpaired) electrons. The normalized spacial score (nSPS) is 13.4. The maximum absolute atomic E-state index is 15.3. The highest BCUT2D eigenvalue weighted by Crippen LogP contribution is 2.35. The molecule has 1 N–H and O–H groups in total. The molecule has 1 saturated carbocycles. The predicted molar refractivity (Wildman–Crippen MR) is 116 cm³/mol. The molecule has 1 fully saturated rings. The summed E-state index contributed by atoms with van der Waals surface area (Å²) >= 11 is 0. The van der Waals surface area contributed by atoms with Gasteiger partial charge in [0.05, 0.1) is 18.1 Å². The molecule has 1 aliphatic rings. The molecule has 5 nitrogen and oxygen atoms in total. The lowest BCUT2D eigenvalue weighted by Crippen LogP contribution is -2.27. The van der Waals surface area contributed by atoms with E-state index < -0.39 is 17.6 Å². The number of hydrogen-bond donors (Lipinski definition) is 1. The van der Waals surface area contributed by atoms with E-state index in [0.29, 0.717) is 18.5 Å². The quantitative estimate of drug-likeness (QED) is 0.456. The Kier molecular flexibility index (Phi) is 6.45. The number of anilines is 2. The summed E-state index contributed by atoms with van der Waals surface area (Å²) in [5.41, 5.74) is 1.73. The van der Waals surface area contributed by atoms with E-state index in [4.69, 9.17) is 5.26 Å². The first-order valence-electron chi connectivity index (χ1n) is 10.5. The molecular weight excluding hydrogens is 434 g/mol. The van der Waals surface area contributed by atoms with E-state index in [-0.39, 0.29) is 24.2 Å². The molecule has 0 amide bonds. The Balaban J connectivity index is 1.49. The molecule has 0 bridgehead atoms. The van der Waals surface area contributed by atoms with Gasteiger partial charge in [0.2, 0.25) is 5.82 Å². The molecule has 170 valence electrons. The van der Waals surface area contributed by atoms with Crippen LogP contribution in [0.5, 0.6) is 0 Å². The van der Waals surface area contributed by atoms with Gasteiger partial charge in [-0.15, -0.1) is 0 Å². The summed E-state index contributed by atoms with van der Waals surface area (Å²) in [6.45, 7) is 0.582. The summed E-state index contributed by atoms with van der Waals surface area (Å²) in [7, 11) is 0. The van der Waals surface area contributed by atoms with Crippen LogP contribution in [0.25, 0.3) is 0 Å². The number of benzene rings is 2. The minimum absolute atomic E-state index is 0.0548. The Morgan fingerprint density at radius 2 is 1.61 bits per heavy atom. The predicted octanol–water partition coefficient (Wildman–Crippen LogP) is 5.48. The zero-order valence-corrected chi connectivity index (χ0v) is 17.6. The summed E-state index contributed by atoms with van der Waals surface area (Å²) in [5.74, 6) is -0.421. The molecule has 0 unspecified atom stereocenters. The third kappa shape index (κ3) is 5.58. The second kappa shape index (κ2) is 9.45. The standard InChI is InChI=1S/C24H21F4N5/c25-21-22(30-13-17-3-1-16(2-4-17)11-12-29)31-15-32-23(21)33(20-9-10-20)14-18-5-7-19(8-6-18)24(26,27)28/h1-8,15,20H,9-11,13-14H2,(H,30,31,32). The fraction of sp³-hybridized carbons (Fsp3) is 0.292. The van der Waals surface area contributed by atoms with Crippen LogP contribution in [0.1, 0.15) is 35.1 Å². The van der Waals surface area contributed by atoms with Gasteiger partial charge in [-0.05, 0) is 41.7 Å². The SMILES string of the molecule is N#CCc1ccc(CNc2ncnc(N(Cc3ccc(C(F)(F)F)cc3)C3CC3)c2F)cc1.